The Balaban J connectivity index is 0.00000259. The molecule has 2 aliphatic heterocycles. The van der Waals surface area contributed by atoms with Gasteiger partial charge in [-0.05, 0) is 49.2 Å². The molecule has 33 heavy (non-hydrogen) atoms. The SMILES string of the molecule is Cl.O=C(c1[nH]nc2c1COc1cc(Br)ccc1-2)N(c1ccc(Cl)cc1Cl)N1CCCCCC1. The molecule has 1 saturated heterocycles. The van der Waals surface area contributed by atoms with Crippen LogP contribution in [0.3, 0.4) is 0 Å². The number of aromatic nitrogens is 2. The number of hydrazine groups is 1. The Hall–Kier alpha value is -1.77. The number of carbonyl (C=O) groups excluding carboxylic acids is 1. The van der Waals surface area contributed by atoms with Crippen LogP contribution in [0.15, 0.2) is 40.9 Å². The molecule has 1 aromatic heterocycles. The van der Waals surface area contributed by atoms with Crippen LogP contribution in [0.1, 0.15) is 41.7 Å². The predicted molar refractivity (Wildman–Crippen MR) is 137 cm³/mol. The van der Waals surface area contributed by atoms with E-state index >= 15 is 0 Å². The number of fused-ring (bicyclic) bond motifs is 3. The van der Waals surface area contributed by atoms with Gasteiger partial charge in [0, 0.05) is 33.7 Å². The van der Waals surface area contributed by atoms with Gasteiger partial charge in [-0.25, -0.2) is 10.0 Å². The number of nitrogens with one attached hydrogen (secondary N) is 1. The lowest BCUT2D eigenvalue weighted by Gasteiger charge is -2.34. The zero-order valence-corrected chi connectivity index (χ0v) is 21.5. The van der Waals surface area contributed by atoms with Crippen LogP contribution < -0.4 is 9.75 Å². The van der Waals surface area contributed by atoms with Gasteiger partial charge in [-0.1, -0.05) is 52.0 Å². The quantitative estimate of drug-likeness (QED) is 0.371. The topological polar surface area (TPSA) is 61.5 Å². The van der Waals surface area contributed by atoms with Gasteiger partial charge in [0.2, 0.25) is 0 Å². The second-order valence-electron chi connectivity index (χ2n) is 7.94. The lowest BCUT2D eigenvalue weighted by molar-refractivity contribution is 0.0888. The first-order chi connectivity index (χ1) is 15.5. The zero-order valence-electron chi connectivity index (χ0n) is 17.6. The van der Waals surface area contributed by atoms with E-state index in [2.05, 4.69) is 31.1 Å². The second kappa shape index (κ2) is 10.2. The van der Waals surface area contributed by atoms with Crippen molar-refractivity contribution in [1.29, 1.82) is 0 Å². The Morgan fingerprint density at radius 1 is 1.09 bits per heavy atom. The maximum atomic E-state index is 14.0. The molecule has 1 N–H and O–H groups in total. The average molecular weight is 573 g/mol. The van der Waals surface area contributed by atoms with Crippen LogP contribution in [0.25, 0.3) is 11.3 Å². The molecule has 6 nitrogen and oxygen atoms in total. The highest BCUT2D eigenvalue weighted by Crippen LogP contribution is 2.40. The summed E-state index contributed by atoms with van der Waals surface area (Å²) in [4.78, 5) is 14.0. The first-order valence-corrected chi connectivity index (χ1v) is 12.1. The molecule has 5 rings (SSSR count). The molecule has 0 aliphatic carbocycles. The number of ether oxygens (including phenoxy) is 1. The molecule has 10 heteroatoms. The van der Waals surface area contributed by atoms with Gasteiger partial charge in [-0.15, -0.1) is 12.4 Å². The molecular weight excluding hydrogens is 551 g/mol. The molecule has 3 heterocycles. The monoisotopic (exact) mass is 570 g/mol. The third-order valence-electron chi connectivity index (χ3n) is 5.85. The van der Waals surface area contributed by atoms with Crippen molar-refractivity contribution >= 4 is 63.1 Å². The number of benzene rings is 2. The van der Waals surface area contributed by atoms with Crippen molar-refractivity contribution in [2.75, 3.05) is 18.1 Å². The molecule has 0 atom stereocenters. The van der Waals surface area contributed by atoms with Gasteiger partial charge in [-0.3, -0.25) is 9.89 Å². The third-order valence-corrected chi connectivity index (χ3v) is 6.88. The van der Waals surface area contributed by atoms with Gasteiger partial charge < -0.3 is 4.74 Å². The lowest BCUT2D eigenvalue weighted by atomic mass is 10.0. The van der Waals surface area contributed by atoms with Crippen molar-refractivity contribution in [3.05, 3.63) is 62.2 Å². The van der Waals surface area contributed by atoms with Crippen molar-refractivity contribution in [2.45, 2.75) is 32.3 Å². The van der Waals surface area contributed by atoms with Gasteiger partial charge in [-0.2, -0.15) is 5.10 Å². The highest BCUT2D eigenvalue weighted by Gasteiger charge is 2.33. The number of amides is 1. The van der Waals surface area contributed by atoms with E-state index in [4.69, 9.17) is 27.9 Å². The van der Waals surface area contributed by atoms with E-state index in [1.165, 1.54) is 0 Å². The molecule has 0 spiro atoms. The molecule has 3 aromatic rings. The molecule has 0 unspecified atom stereocenters. The number of halogens is 4. The van der Waals surface area contributed by atoms with E-state index in [0.717, 1.165) is 65.8 Å². The summed E-state index contributed by atoms with van der Waals surface area (Å²) in [6, 6.07) is 11.0. The highest BCUT2D eigenvalue weighted by atomic mass is 79.9. The fourth-order valence-electron chi connectivity index (χ4n) is 4.27. The number of hydrogen-bond acceptors (Lipinski definition) is 4. The van der Waals surface area contributed by atoms with Crippen molar-refractivity contribution in [1.82, 2.24) is 15.2 Å². The summed E-state index contributed by atoms with van der Waals surface area (Å²) < 4.78 is 6.88. The molecule has 0 radical (unpaired) electrons. The van der Waals surface area contributed by atoms with E-state index in [9.17, 15) is 4.79 Å². The van der Waals surface area contributed by atoms with Crippen LogP contribution in [0, 0.1) is 0 Å². The Bertz CT molecular complexity index is 1180. The van der Waals surface area contributed by atoms with Crippen molar-refractivity contribution < 1.29 is 9.53 Å². The largest absolute Gasteiger partial charge is 0.488 e. The maximum Gasteiger partial charge on any atom is 0.291 e. The summed E-state index contributed by atoms with van der Waals surface area (Å²) in [5.74, 6) is 0.525. The van der Waals surface area contributed by atoms with E-state index in [1.807, 2.05) is 18.2 Å². The molecule has 2 aliphatic rings. The van der Waals surface area contributed by atoms with Crippen molar-refractivity contribution in [3.63, 3.8) is 0 Å². The minimum absolute atomic E-state index is 0. The third kappa shape index (κ3) is 4.75. The molecule has 1 amide bonds. The van der Waals surface area contributed by atoms with Crippen molar-refractivity contribution in [3.8, 4) is 17.0 Å². The second-order valence-corrected chi connectivity index (χ2v) is 9.69. The van der Waals surface area contributed by atoms with Crippen LogP contribution in [0.2, 0.25) is 10.0 Å². The summed E-state index contributed by atoms with van der Waals surface area (Å²) in [6.45, 7) is 1.81. The smallest absolute Gasteiger partial charge is 0.291 e. The van der Waals surface area contributed by atoms with Gasteiger partial charge in [0.15, 0.2) is 0 Å². The molecule has 1 fully saturated rings. The zero-order chi connectivity index (χ0) is 22.2. The number of hydrogen-bond donors (Lipinski definition) is 1. The van der Waals surface area contributed by atoms with Gasteiger partial charge in [0.05, 0.1) is 10.7 Å². The van der Waals surface area contributed by atoms with Gasteiger partial charge in [0.25, 0.3) is 5.91 Å². The van der Waals surface area contributed by atoms with Crippen LogP contribution >= 0.6 is 51.5 Å². The molecule has 2 aromatic carbocycles. The summed E-state index contributed by atoms with van der Waals surface area (Å²) in [6.07, 6.45) is 4.32. The molecular formula is C23H22BrCl3N4O2. The lowest BCUT2D eigenvalue weighted by Crippen LogP contribution is -2.48. The Kier molecular flexibility index (Phi) is 7.56. The van der Waals surface area contributed by atoms with Crippen LogP contribution in [-0.4, -0.2) is 34.2 Å². The molecule has 0 saturated carbocycles. The number of nitrogens with zero attached hydrogens (tertiary/aromatic N) is 3. The first kappa shape index (κ1) is 24.4. The summed E-state index contributed by atoms with van der Waals surface area (Å²) in [7, 11) is 0. The molecule has 0 bridgehead atoms. The number of anilines is 1. The van der Waals surface area contributed by atoms with Crippen molar-refractivity contribution in [2.24, 2.45) is 0 Å². The summed E-state index contributed by atoms with van der Waals surface area (Å²) in [5, 5.41) is 12.2. The van der Waals surface area contributed by atoms with E-state index in [0.29, 0.717) is 21.4 Å². The van der Waals surface area contributed by atoms with E-state index in [1.54, 1.807) is 23.2 Å². The molecule has 174 valence electrons. The number of carbonyl (C=O) groups is 1. The predicted octanol–water partition coefficient (Wildman–Crippen LogP) is 6.90. The number of rotatable bonds is 3. The fourth-order valence-corrected chi connectivity index (χ4v) is 5.10. The summed E-state index contributed by atoms with van der Waals surface area (Å²) >= 11 is 16.2. The number of H-pyrrole nitrogens is 1. The van der Waals surface area contributed by atoms with Gasteiger partial charge >= 0.3 is 0 Å². The Morgan fingerprint density at radius 3 is 2.58 bits per heavy atom. The van der Waals surface area contributed by atoms with Crippen LogP contribution in [0.5, 0.6) is 5.75 Å². The Labute approximate surface area is 216 Å². The van der Waals surface area contributed by atoms with E-state index < -0.39 is 0 Å². The van der Waals surface area contributed by atoms with Crippen LogP contribution in [0.4, 0.5) is 5.69 Å². The maximum absolute atomic E-state index is 14.0. The number of aromatic amines is 1. The highest BCUT2D eigenvalue weighted by molar-refractivity contribution is 9.10. The fraction of sp³-hybridized carbons (Fsp3) is 0.304. The van der Waals surface area contributed by atoms with E-state index in [-0.39, 0.29) is 24.9 Å². The first-order valence-electron chi connectivity index (χ1n) is 10.6. The minimum atomic E-state index is -0.214. The standard InChI is InChI=1S/C23H21BrCl2N4O2.ClH/c24-14-5-7-16-20(11-14)32-13-17-21(16)27-28-22(17)23(31)30(29-9-3-1-2-4-10-29)19-8-6-15(25)12-18(19)26;/h5-8,11-12H,1-4,9-10,13H2,(H,27,28);1H. The van der Waals surface area contributed by atoms with Crippen LogP contribution in [-0.2, 0) is 6.61 Å². The minimum Gasteiger partial charge on any atom is -0.488 e. The summed E-state index contributed by atoms with van der Waals surface area (Å²) in [5.41, 5.74) is 3.35. The van der Waals surface area contributed by atoms with Gasteiger partial charge in [0.1, 0.15) is 23.7 Å². The average Bonchev–Trinajstić information content (AvgIpc) is 3.03. The normalized spacial score (nSPS) is 15.5. The Morgan fingerprint density at radius 2 is 1.85 bits per heavy atom.